The molecule has 5 heteroatoms. The van der Waals surface area contributed by atoms with Crippen LogP contribution in [0.5, 0.6) is 0 Å². The Morgan fingerprint density at radius 1 is 1.00 bits per heavy atom. The summed E-state index contributed by atoms with van der Waals surface area (Å²) < 4.78 is 0. The minimum absolute atomic E-state index is 0.0934. The van der Waals surface area contributed by atoms with Gasteiger partial charge in [-0.25, -0.2) is 0 Å². The lowest BCUT2D eigenvalue weighted by atomic mass is 10.1. The van der Waals surface area contributed by atoms with E-state index in [9.17, 15) is 4.79 Å². The van der Waals surface area contributed by atoms with Crippen molar-refractivity contribution >= 4 is 17.5 Å². The topological polar surface area (TPSA) is 66.9 Å². The molecule has 0 aliphatic carbocycles. The number of benzene rings is 1. The van der Waals surface area contributed by atoms with Crippen molar-refractivity contribution in [2.45, 2.75) is 32.6 Å². The van der Waals surface area contributed by atoms with Crippen LogP contribution in [0.2, 0.25) is 0 Å². The summed E-state index contributed by atoms with van der Waals surface area (Å²) in [5.74, 6) is 1.11. The van der Waals surface area contributed by atoms with Gasteiger partial charge in [-0.15, -0.1) is 10.2 Å². The van der Waals surface area contributed by atoms with Gasteiger partial charge >= 0.3 is 0 Å². The van der Waals surface area contributed by atoms with Crippen LogP contribution < -0.4 is 10.6 Å². The van der Waals surface area contributed by atoms with Crippen LogP contribution in [0, 0.1) is 0 Å². The summed E-state index contributed by atoms with van der Waals surface area (Å²) in [4.78, 5) is 11.9. The highest BCUT2D eigenvalue weighted by Gasteiger charge is 2.05. The predicted octanol–water partition coefficient (Wildman–Crippen LogP) is 3.26. The van der Waals surface area contributed by atoms with Gasteiger partial charge < -0.3 is 10.6 Å². The van der Waals surface area contributed by atoms with Gasteiger partial charge in [-0.2, -0.15) is 0 Å². The zero-order valence-corrected chi connectivity index (χ0v) is 12.9. The first kappa shape index (κ1) is 15.9. The van der Waals surface area contributed by atoms with E-state index >= 15 is 0 Å². The molecule has 0 aliphatic rings. The molecule has 0 radical (unpaired) electrons. The molecule has 0 spiro atoms. The molecule has 0 atom stereocenters. The minimum atomic E-state index is -0.0934. The lowest BCUT2D eigenvalue weighted by Gasteiger charge is -2.06. The number of nitrogens with one attached hydrogen (secondary N) is 2. The van der Waals surface area contributed by atoms with Crippen molar-refractivity contribution in [3.05, 3.63) is 48.0 Å². The van der Waals surface area contributed by atoms with Gasteiger partial charge in [0.2, 0.25) is 5.91 Å². The van der Waals surface area contributed by atoms with Crippen LogP contribution in [0.4, 0.5) is 11.6 Å². The molecule has 2 aromatic rings. The Kier molecular flexibility index (Phi) is 6.36. The van der Waals surface area contributed by atoms with E-state index in [1.807, 2.05) is 36.4 Å². The Bertz CT molecular complexity index is 569. The fraction of sp³-hybridized carbons (Fsp3) is 0.353. The summed E-state index contributed by atoms with van der Waals surface area (Å²) >= 11 is 0. The number of nitrogens with zero attached hydrogens (tertiary/aromatic N) is 2. The predicted molar refractivity (Wildman–Crippen MR) is 88.8 cm³/mol. The molecule has 1 amide bonds. The van der Waals surface area contributed by atoms with Crippen molar-refractivity contribution < 1.29 is 4.79 Å². The van der Waals surface area contributed by atoms with Crippen molar-refractivity contribution in [1.29, 1.82) is 0 Å². The average molecular weight is 298 g/mol. The van der Waals surface area contributed by atoms with Gasteiger partial charge in [-0.1, -0.05) is 50.1 Å². The molecule has 0 fully saturated rings. The van der Waals surface area contributed by atoms with Crippen molar-refractivity contribution in [3.63, 3.8) is 0 Å². The standard InChI is InChI=1S/C17H22N4O/c1-2-3-7-12-18-15-10-11-16(21-20-15)19-17(22)13-14-8-5-4-6-9-14/h4-6,8-11H,2-3,7,12-13H2,1H3,(H,18,20)(H,19,21,22). The van der Waals surface area contributed by atoms with Gasteiger partial charge in [0.1, 0.15) is 5.82 Å². The zero-order valence-electron chi connectivity index (χ0n) is 12.9. The van der Waals surface area contributed by atoms with E-state index in [0.717, 1.165) is 24.3 Å². The summed E-state index contributed by atoms with van der Waals surface area (Å²) in [6.45, 7) is 3.06. The molecule has 0 saturated carbocycles. The third-order valence-corrected chi connectivity index (χ3v) is 3.23. The number of unbranched alkanes of at least 4 members (excludes halogenated alkanes) is 2. The van der Waals surface area contributed by atoms with Gasteiger partial charge in [-0.05, 0) is 24.1 Å². The van der Waals surface area contributed by atoms with Crippen molar-refractivity contribution in [2.75, 3.05) is 17.2 Å². The molecule has 1 heterocycles. The van der Waals surface area contributed by atoms with Gasteiger partial charge in [0.25, 0.3) is 0 Å². The molecule has 22 heavy (non-hydrogen) atoms. The van der Waals surface area contributed by atoms with Crippen LogP contribution in [0.3, 0.4) is 0 Å². The molecule has 0 saturated heterocycles. The number of aromatic nitrogens is 2. The van der Waals surface area contributed by atoms with Crippen molar-refractivity contribution in [1.82, 2.24) is 10.2 Å². The number of carbonyl (C=O) groups excluding carboxylic acids is 1. The van der Waals surface area contributed by atoms with Crippen LogP contribution in [0.15, 0.2) is 42.5 Å². The lowest BCUT2D eigenvalue weighted by Crippen LogP contribution is -2.16. The van der Waals surface area contributed by atoms with Gasteiger partial charge in [0.05, 0.1) is 6.42 Å². The fourth-order valence-corrected chi connectivity index (χ4v) is 2.05. The monoisotopic (exact) mass is 298 g/mol. The van der Waals surface area contributed by atoms with Gasteiger partial charge in [0, 0.05) is 6.54 Å². The third-order valence-electron chi connectivity index (χ3n) is 3.23. The van der Waals surface area contributed by atoms with E-state index in [-0.39, 0.29) is 5.91 Å². The number of hydrogen-bond acceptors (Lipinski definition) is 4. The summed E-state index contributed by atoms with van der Waals surface area (Å²) in [6.07, 6.45) is 3.85. The number of rotatable bonds is 8. The first-order valence-corrected chi connectivity index (χ1v) is 7.69. The normalized spacial score (nSPS) is 10.2. The Morgan fingerprint density at radius 3 is 2.41 bits per heavy atom. The maximum Gasteiger partial charge on any atom is 0.229 e. The van der Waals surface area contributed by atoms with Gasteiger partial charge in [-0.3, -0.25) is 4.79 Å². The van der Waals surface area contributed by atoms with E-state index in [0.29, 0.717) is 12.2 Å². The minimum Gasteiger partial charge on any atom is -0.369 e. The highest BCUT2D eigenvalue weighted by Crippen LogP contribution is 2.08. The number of carbonyl (C=O) groups is 1. The number of anilines is 2. The molecular weight excluding hydrogens is 276 g/mol. The quantitative estimate of drug-likeness (QED) is 0.734. The molecule has 5 nitrogen and oxygen atoms in total. The second kappa shape index (κ2) is 8.77. The Labute approximate surface area is 131 Å². The first-order chi connectivity index (χ1) is 10.8. The molecule has 116 valence electrons. The van der Waals surface area contributed by atoms with Crippen molar-refractivity contribution in [3.8, 4) is 0 Å². The molecule has 0 bridgehead atoms. The second-order valence-corrected chi connectivity index (χ2v) is 5.15. The largest absolute Gasteiger partial charge is 0.369 e. The zero-order chi connectivity index (χ0) is 15.6. The summed E-state index contributed by atoms with van der Waals surface area (Å²) in [6, 6.07) is 13.2. The van der Waals surface area contributed by atoms with Crippen LogP contribution in [-0.2, 0) is 11.2 Å². The van der Waals surface area contributed by atoms with E-state index in [1.54, 1.807) is 6.07 Å². The Balaban J connectivity index is 1.79. The fourth-order valence-electron chi connectivity index (χ4n) is 2.05. The summed E-state index contributed by atoms with van der Waals surface area (Å²) in [7, 11) is 0. The van der Waals surface area contributed by atoms with E-state index in [1.165, 1.54) is 12.8 Å². The molecule has 1 aromatic heterocycles. The van der Waals surface area contributed by atoms with Crippen LogP contribution in [-0.4, -0.2) is 22.6 Å². The SMILES string of the molecule is CCCCCNc1ccc(NC(=O)Cc2ccccc2)nn1. The lowest BCUT2D eigenvalue weighted by molar-refractivity contribution is -0.115. The number of hydrogen-bond donors (Lipinski definition) is 2. The molecule has 0 aliphatic heterocycles. The molecule has 2 N–H and O–H groups in total. The van der Waals surface area contributed by atoms with E-state index in [4.69, 9.17) is 0 Å². The molecule has 2 rings (SSSR count). The van der Waals surface area contributed by atoms with E-state index in [2.05, 4.69) is 27.8 Å². The first-order valence-electron chi connectivity index (χ1n) is 7.69. The highest BCUT2D eigenvalue weighted by atomic mass is 16.1. The summed E-state index contributed by atoms with van der Waals surface area (Å²) in [5, 5.41) is 14.0. The molecule has 1 aromatic carbocycles. The van der Waals surface area contributed by atoms with Crippen LogP contribution in [0.1, 0.15) is 31.7 Å². The Hall–Kier alpha value is -2.43. The van der Waals surface area contributed by atoms with Gasteiger partial charge in [0.15, 0.2) is 5.82 Å². The smallest absolute Gasteiger partial charge is 0.229 e. The summed E-state index contributed by atoms with van der Waals surface area (Å²) in [5.41, 5.74) is 0.974. The van der Waals surface area contributed by atoms with Crippen LogP contribution >= 0.6 is 0 Å². The average Bonchev–Trinajstić information content (AvgIpc) is 2.54. The number of amides is 1. The maximum atomic E-state index is 11.9. The van der Waals surface area contributed by atoms with Crippen molar-refractivity contribution in [2.24, 2.45) is 0 Å². The second-order valence-electron chi connectivity index (χ2n) is 5.15. The third kappa shape index (κ3) is 5.52. The molecular formula is C17H22N4O. The highest BCUT2D eigenvalue weighted by molar-refractivity contribution is 5.91. The van der Waals surface area contributed by atoms with E-state index < -0.39 is 0 Å². The maximum absolute atomic E-state index is 11.9. The van der Waals surface area contributed by atoms with Crippen LogP contribution in [0.25, 0.3) is 0 Å². The molecule has 0 unspecified atom stereocenters. The Morgan fingerprint density at radius 2 is 1.73 bits per heavy atom.